The summed E-state index contributed by atoms with van der Waals surface area (Å²) in [6.45, 7) is 6.96. The van der Waals surface area contributed by atoms with E-state index in [4.69, 9.17) is 22.1 Å². The van der Waals surface area contributed by atoms with Crippen LogP contribution in [-0.2, 0) is 11.8 Å². The van der Waals surface area contributed by atoms with E-state index in [1.54, 1.807) is 12.3 Å². The number of pyridine rings is 1. The minimum Gasteiger partial charge on any atom is -0.454 e. The van der Waals surface area contributed by atoms with Crippen LogP contribution in [0.15, 0.2) is 61.6 Å². The lowest BCUT2D eigenvalue weighted by Gasteiger charge is -2.45. The van der Waals surface area contributed by atoms with Gasteiger partial charge in [0.2, 0.25) is 5.91 Å². The standard InChI is InChI=1S/C31H30ClN7O2/c1-3-27(40)38-13-11-21(12-14-38)39-17-20(18-39)9-10-25-28(29-30(33)35-19-36-31(29)37(25)2)24-15-23(32)26(16-34-24)41-22-7-5-4-6-8-22/h3-8,15-16,19-21H,1,11-14,17-18H2,2H3,(H2,33,35,36). The fraction of sp³-hybridized carbons (Fsp3) is 0.290. The SMILES string of the molecule is C=CC(=O)N1CCC(N2CC(C#Cc3c(-c4cc(Cl)c(Oc5ccccc5)cn4)c4c(N)ncnc4n3C)C2)CC1. The lowest BCUT2D eigenvalue weighted by atomic mass is 9.93. The Bertz CT molecular complexity index is 1680. The van der Waals surface area contributed by atoms with Gasteiger partial charge in [0.1, 0.15) is 29.2 Å². The normalized spacial score (nSPS) is 16.2. The monoisotopic (exact) mass is 567 g/mol. The number of aryl methyl sites for hydroxylation is 1. The summed E-state index contributed by atoms with van der Waals surface area (Å²) in [4.78, 5) is 29.6. The van der Waals surface area contributed by atoms with Crippen LogP contribution in [0.2, 0.25) is 5.02 Å². The summed E-state index contributed by atoms with van der Waals surface area (Å²) >= 11 is 6.66. The quantitative estimate of drug-likeness (QED) is 0.279. The molecule has 2 aliphatic heterocycles. The number of amides is 1. The van der Waals surface area contributed by atoms with Crippen molar-refractivity contribution in [2.75, 3.05) is 31.9 Å². The molecule has 0 spiro atoms. The first-order chi connectivity index (χ1) is 19.9. The van der Waals surface area contributed by atoms with Gasteiger partial charge in [-0.05, 0) is 43.0 Å². The fourth-order valence-corrected chi connectivity index (χ4v) is 5.76. The molecule has 6 rings (SSSR count). The van der Waals surface area contributed by atoms with Crippen molar-refractivity contribution in [1.82, 2.24) is 29.3 Å². The number of halogens is 1. The lowest BCUT2D eigenvalue weighted by Crippen LogP contribution is -2.55. The summed E-state index contributed by atoms with van der Waals surface area (Å²) in [6.07, 6.45) is 6.40. The van der Waals surface area contributed by atoms with E-state index in [9.17, 15) is 4.79 Å². The number of hydrogen-bond donors (Lipinski definition) is 1. The Labute approximate surface area is 243 Å². The molecule has 0 bridgehead atoms. The molecule has 41 heavy (non-hydrogen) atoms. The van der Waals surface area contributed by atoms with E-state index in [1.807, 2.05) is 46.8 Å². The highest BCUT2D eigenvalue weighted by atomic mass is 35.5. The molecule has 0 saturated carbocycles. The highest BCUT2D eigenvalue weighted by Crippen LogP contribution is 2.38. The molecule has 4 aromatic rings. The van der Waals surface area contributed by atoms with Gasteiger partial charge in [0.05, 0.1) is 22.3 Å². The van der Waals surface area contributed by atoms with Gasteiger partial charge in [-0.15, -0.1) is 0 Å². The molecule has 5 heterocycles. The van der Waals surface area contributed by atoms with E-state index in [2.05, 4.69) is 38.3 Å². The fourth-order valence-electron chi connectivity index (χ4n) is 5.57. The molecule has 2 fully saturated rings. The van der Waals surface area contributed by atoms with Gasteiger partial charge in [-0.1, -0.05) is 42.3 Å². The molecule has 9 nitrogen and oxygen atoms in total. The minimum atomic E-state index is 0.0148. The van der Waals surface area contributed by atoms with E-state index in [0.717, 1.165) is 50.3 Å². The van der Waals surface area contributed by atoms with Gasteiger partial charge in [0, 0.05) is 50.7 Å². The lowest BCUT2D eigenvalue weighted by molar-refractivity contribution is -0.127. The van der Waals surface area contributed by atoms with Crippen molar-refractivity contribution in [3.05, 3.63) is 72.3 Å². The Morgan fingerprint density at radius 2 is 1.93 bits per heavy atom. The second-order valence-electron chi connectivity index (χ2n) is 10.3. The number of benzene rings is 1. The van der Waals surface area contributed by atoms with E-state index in [1.165, 1.54) is 12.4 Å². The molecule has 2 aliphatic rings. The number of ether oxygens (including phenoxy) is 1. The number of nitrogens with two attached hydrogens (primary N) is 1. The molecule has 0 aliphatic carbocycles. The summed E-state index contributed by atoms with van der Waals surface area (Å²) in [5, 5.41) is 1.11. The molecule has 10 heteroatoms. The third-order valence-electron chi connectivity index (χ3n) is 7.82. The third-order valence-corrected chi connectivity index (χ3v) is 8.11. The van der Waals surface area contributed by atoms with Crippen LogP contribution in [0, 0.1) is 17.8 Å². The molecule has 0 radical (unpaired) electrons. The average molecular weight is 568 g/mol. The zero-order chi connectivity index (χ0) is 28.5. The highest BCUT2D eigenvalue weighted by molar-refractivity contribution is 6.32. The van der Waals surface area contributed by atoms with Gasteiger partial charge in [-0.25, -0.2) is 9.97 Å². The van der Waals surface area contributed by atoms with Crippen molar-refractivity contribution >= 4 is 34.4 Å². The Morgan fingerprint density at radius 3 is 2.63 bits per heavy atom. The van der Waals surface area contributed by atoms with Gasteiger partial charge in [-0.2, -0.15) is 0 Å². The smallest absolute Gasteiger partial charge is 0.245 e. The Morgan fingerprint density at radius 1 is 1.17 bits per heavy atom. The van der Waals surface area contributed by atoms with Crippen LogP contribution in [0.25, 0.3) is 22.3 Å². The Balaban J connectivity index is 1.25. The molecule has 0 unspecified atom stereocenters. The topological polar surface area (TPSA) is 102 Å². The average Bonchev–Trinajstić information content (AvgIpc) is 3.26. The molecule has 3 aromatic heterocycles. The summed E-state index contributed by atoms with van der Waals surface area (Å²) < 4.78 is 7.86. The maximum Gasteiger partial charge on any atom is 0.245 e. The van der Waals surface area contributed by atoms with E-state index in [0.29, 0.717) is 45.1 Å². The molecule has 1 aromatic carbocycles. The van der Waals surface area contributed by atoms with Crippen molar-refractivity contribution in [3.63, 3.8) is 0 Å². The van der Waals surface area contributed by atoms with Gasteiger partial charge in [-0.3, -0.25) is 14.7 Å². The number of hydrogen-bond acceptors (Lipinski definition) is 7. The number of aromatic nitrogens is 4. The number of piperidine rings is 1. The summed E-state index contributed by atoms with van der Waals surface area (Å²) in [5.41, 5.74) is 9.13. The van der Waals surface area contributed by atoms with Gasteiger partial charge >= 0.3 is 0 Å². The number of para-hydroxylation sites is 1. The minimum absolute atomic E-state index is 0.0148. The number of nitrogens with zero attached hydrogens (tertiary/aromatic N) is 6. The summed E-state index contributed by atoms with van der Waals surface area (Å²) in [5.74, 6) is 8.61. The maximum atomic E-state index is 11.9. The number of carbonyl (C=O) groups excluding carboxylic acids is 1. The predicted octanol–water partition coefficient (Wildman–Crippen LogP) is 4.52. The van der Waals surface area contributed by atoms with Crippen molar-refractivity contribution in [1.29, 1.82) is 0 Å². The second kappa shape index (κ2) is 11.2. The number of rotatable bonds is 5. The van der Waals surface area contributed by atoms with E-state index >= 15 is 0 Å². The van der Waals surface area contributed by atoms with Crippen LogP contribution in [0.4, 0.5) is 5.82 Å². The van der Waals surface area contributed by atoms with Crippen LogP contribution < -0.4 is 10.5 Å². The van der Waals surface area contributed by atoms with Gasteiger partial charge in [0.15, 0.2) is 5.75 Å². The number of likely N-dealkylation sites (tertiary alicyclic amines) is 2. The summed E-state index contributed by atoms with van der Waals surface area (Å²) in [6, 6.07) is 11.7. The number of carbonyl (C=O) groups is 1. The molecule has 2 N–H and O–H groups in total. The predicted molar refractivity (Wildman–Crippen MR) is 159 cm³/mol. The van der Waals surface area contributed by atoms with Crippen molar-refractivity contribution < 1.29 is 9.53 Å². The molecular formula is C31H30ClN7O2. The maximum absolute atomic E-state index is 11.9. The molecule has 1 amide bonds. The van der Waals surface area contributed by atoms with Crippen LogP contribution in [0.1, 0.15) is 18.5 Å². The number of nitrogen functional groups attached to an aromatic ring is 1. The van der Waals surface area contributed by atoms with Crippen LogP contribution in [-0.4, -0.2) is 67.4 Å². The third kappa shape index (κ3) is 5.24. The van der Waals surface area contributed by atoms with Crippen LogP contribution in [0.5, 0.6) is 11.5 Å². The highest BCUT2D eigenvalue weighted by Gasteiger charge is 2.34. The summed E-state index contributed by atoms with van der Waals surface area (Å²) in [7, 11) is 1.92. The van der Waals surface area contributed by atoms with Gasteiger partial charge in [0.25, 0.3) is 0 Å². The first kappa shape index (κ1) is 26.8. The molecule has 208 valence electrons. The van der Waals surface area contributed by atoms with E-state index < -0.39 is 0 Å². The Hall–Kier alpha value is -4.39. The first-order valence-corrected chi connectivity index (χ1v) is 13.9. The number of anilines is 1. The van der Waals surface area contributed by atoms with Gasteiger partial charge < -0.3 is 19.9 Å². The van der Waals surface area contributed by atoms with Crippen molar-refractivity contribution in [2.45, 2.75) is 18.9 Å². The number of fused-ring (bicyclic) bond motifs is 1. The molecule has 0 atom stereocenters. The largest absolute Gasteiger partial charge is 0.454 e. The van der Waals surface area contributed by atoms with Crippen LogP contribution in [0.3, 0.4) is 0 Å². The van der Waals surface area contributed by atoms with E-state index in [-0.39, 0.29) is 11.8 Å². The van der Waals surface area contributed by atoms with Crippen molar-refractivity contribution in [2.24, 2.45) is 13.0 Å². The molecule has 2 saturated heterocycles. The van der Waals surface area contributed by atoms with Crippen LogP contribution >= 0.6 is 11.6 Å². The van der Waals surface area contributed by atoms with Crippen molar-refractivity contribution in [3.8, 4) is 34.6 Å². The zero-order valence-electron chi connectivity index (χ0n) is 22.8. The second-order valence-corrected chi connectivity index (χ2v) is 10.7. The molecular weight excluding hydrogens is 538 g/mol. The first-order valence-electron chi connectivity index (χ1n) is 13.6. The zero-order valence-corrected chi connectivity index (χ0v) is 23.5. The Kier molecular flexibility index (Phi) is 7.35.